The first-order chi connectivity index (χ1) is 15.7. The molecule has 3 rings (SSSR count). The van der Waals surface area contributed by atoms with Crippen molar-refractivity contribution in [3.63, 3.8) is 0 Å². The van der Waals surface area contributed by atoms with E-state index >= 15 is 0 Å². The third kappa shape index (κ3) is 5.86. The molecule has 2 aliphatic rings. The first-order valence-electron chi connectivity index (χ1n) is 11.4. The number of carbonyl (C=O) groups excluding carboxylic acids is 3. The van der Waals surface area contributed by atoms with Crippen molar-refractivity contribution >= 4 is 29.5 Å². The Morgan fingerprint density at radius 3 is 2.45 bits per heavy atom. The zero-order valence-corrected chi connectivity index (χ0v) is 20.5. The maximum absolute atomic E-state index is 13.1. The smallest absolute Gasteiger partial charge is 0.338 e. The van der Waals surface area contributed by atoms with Crippen LogP contribution < -0.4 is 5.32 Å². The summed E-state index contributed by atoms with van der Waals surface area (Å²) >= 11 is 6.42. The number of piperazine rings is 1. The van der Waals surface area contributed by atoms with Gasteiger partial charge in [0.05, 0.1) is 18.2 Å². The summed E-state index contributed by atoms with van der Waals surface area (Å²) in [4.78, 5) is 43.8. The Kier molecular flexibility index (Phi) is 8.37. The number of hydrogen-bond donors (Lipinski definition) is 1. The second-order valence-electron chi connectivity index (χ2n) is 8.80. The lowest BCUT2D eigenvalue weighted by Crippen LogP contribution is -2.53. The van der Waals surface area contributed by atoms with E-state index in [0.29, 0.717) is 66.9 Å². The highest BCUT2D eigenvalue weighted by atomic mass is 35.5. The highest BCUT2D eigenvalue weighted by molar-refractivity contribution is 6.31. The number of esters is 1. The quantitative estimate of drug-likeness (QED) is 0.612. The topological polar surface area (TPSA) is 82.2 Å². The number of carbonyl (C=O) groups is 3. The summed E-state index contributed by atoms with van der Waals surface area (Å²) in [5, 5.41) is 3.36. The van der Waals surface area contributed by atoms with Crippen LogP contribution in [0.15, 0.2) is 35.5 Å². The Morgan fingerprint density at radius 2 is 1.85 bits per heavy atom. The molecule has 0 bridgehead atoms. The summed E-state index contributed by atoms with van der Waals surface area (Å²) in [6.45, 7) is 9.01. The molecule has 33 heavy (non-hydrogen) atoms. The van der Waals surface area contributed by atoms with Gasteiger partial charge in [-0.3, -0.25) is 14.6 Å². The molecule has 2 heterocycles. The number of nitrogens with one attached hydrogen (secondary N) is 1. The number of nitrogens with zero attached hydrogens (tertiary/aromatic N) is 3. The Morgan fingerprint density at radius 1 is 1.18 bits per heavy atom. The van der Waals surface area contributed by atoms with Crippen LogP contribution in [0.4, 0.5) is 4.79 Å². The Balaban J connectivity index is 1.88. The van der Waals surface area contributed by atoms with Crippen molar-refractivity contribution in [1.82, 2.24) is 20.0 Å². The Bertz CT molecular complexity index is 925. The van der Waals surface area contributed by atoms with Crippen molar-refractivity contribution in [2.24, 2.45) is 5.92 Å². The van der Waals surface area contributed by atoms with Crippen LogP contribution in [0.3, 0.4) is 0 Å². The summed E-state index contributed by atoms with van der Waals surface area (Å²) in [6, 6.07) is 6.14. The highest BCUT2D eigenvalue weighted by Gasteiger charge is 2.38. The zero-order chi connectivity index (χ0) is 24.1. The van der Waals surface area contributed by atoms with Crippen LogP contribution in [0.5, 0.6) is 0 Å². The molecule has 180 valence electrons. The lowest BCUT2D eigenvalue weighted by atomic mass is 9.94. The summed E-state index contributed by atoms with van der Waals surface area (Å²) < 4.78 is 5.37. The molecule has 0 aliphatic carbocycles. The maximum Gasteiger partial charge on any atom is 0.338 e. The molecular weight excluding hydrogens is 444 g/mol. The number of likely N-dealkylation sites (N-methyl/N-ethyl adjacent to an activating group) is 1. The average molecular weight is 477 g/mol. The minimum Gasteiger partial charge on any atom is -0.463 e. The zero-order valence-electron chi connectivity index (χ0n) is 19.8. The van der Waals surface area contributed by atoms with E-state index in [1.54, 1.807) is 32.2 Å². The second kappa shape index (κ2) is 11.0. The van der Waals surface area contributed by atoms with Crippen molar-refractivity contribution in [2.45, 2.75) is 33.2 Å². The van der Waals surface area contributed by atoms with Gasteiger partial charge in [-0.15, -0.1) is 0 Å². The van der Waals surface area contributed by atoms with Gasteiger partial charge in [0.2, 0.25) is 5.91 Å². The SMILES string of the molecule is CCOC(=O)C1=C(CN2CCN(C(=O)CC(C)C)CC2)N(C)C(=O)NC1c1ccccc1Cl. The third-order valence-electron chi connectivity index (χ3n) is 5.97. The van der Waals surface area contributed by atoms with Gasteiger partial charge in [-0.05, 0) is 24.5 Å². The van der Waals surface area contributed by atoms with Gasteiger partial charge in [0.15, 0.2) is 0 Å². The summed E-state index contributed by atoms with van der Waals surface area (Å²) in [6.07, 6.45) is 0.542. The molecule has 0 radical (unpaired) electrons. The predicted molar refractivity (Wildman–Crippen MR) is 127 cm³/mol. The molecule has 2 aliphatic heterocycles. The first-order valence-corrected chi connectivity index (χ1v) is 11.8. The molecule has 1 atom stereocenters. The van der Waals surface area contributed by atoms with Crippen molar-refractivity contribution in [1.29, 1.82) is 0 Å². The normalized spacial score (nSPS) is 19.7. The molecule has 1 aromatic rings. The second-order valence-corrected chi connectivity index (χ2v) is 9.21. The van der Waals surface area contributed by atoms with Gasteiger partial charge in [-0.2, -0.15) is 0 Å². The minimum absolute atomic E-state index is 0.170. The standard InChI is InChI=1S/C24H33ClN4O4/c1-5-33-23(31)21-19(15-28-10-12-29(13-11-28)20(30)14-16(2)3)27(4)24(32)26-22(21)17-8-6-7-9-18(17)25/h6-9,16,22H,5,10-15H2,1-4H3,(H,26,32). The summed E-state index contributed by atoms with van der Waals surface area (Å²) in [7, 11) is 1.65. The molecule has 0 saturated carbocycles. The first kappa shape index (κ1) is 25.1. The fourth-order valence-electron chi connectivity index (χ4n) is 4.19. The van der Waals surface area contributed by atoms with Crippen LogP contribution in [-0.4, -0.2) is 79.0 Å². The fraction of sp³-hybridized carbons (Fsp3) is 0.542. The van der Waals surface area contributed by atoms with E-state index in [-0.39, 0.29) is 18.5 Å². The monoisotopic (exact) mass is 476 g/mol. The van der Waals surface area contributed by atoms with E-state index in [1.807, 2.05) is 24.8 Å². The number of hydrogen-bond acceptors (Lipinski definition) is 5. The fourth-order valence-corrected chi connectivity index (χ4v) is 4.43. The number of benzene rings is 1. The van der Waals surface area contributed by atoms with E-state index in [2.05, 4.69) is 10.2 Å². The van der Waals surface area contributed by atoms with E-state index in [4.69, 9.17) is 16.3 Å². The van der Waals surface area contributed by atoms with Crippen LogP contribution in [-0.2, 0) is 14.3 Å². The van der Waals surface area contributed by atoms with Gasteiger partial charge < -0.3 is 15.0 Å². The molecule has 1 unspecified atom stereocenters. The van der Waals surface area contributed by atoms with E-state index in [0.717, 1.165) is 0 Å². The van der Waals surface area contributed by atoms with Crippen LogP contribution in [0.2, 0.25) is 5.02 Å². The average Bonchev–Trinajstić information content (AvgIpc) is 2.77. The molecule has 1 saturated heterocycles. The van der Waals surface area contributed by atoms with E-state index in [1.165, 1.54) is 4.90 Å². The highest BCUT2D eigenvalue weighted by Crippen LogP contribution is 2.34. The molecular formula is C24H33ClN4O4. The van der Waals surface area contributed by atoms with Crippen molar-refractivity contribution < 1.29 is 19.1 Å². The summed E-state index contributed by atoms with van der Waals surface area (Å²) in [5.41, 5.74) is 1.61. The molecule has 1 fully saturated rings. The Hall–Kier alpha value is -2.58. The summed E-state index contributed by atoms with van der Waals surface area (Å²) in [5.74, 6) is 0.0167. The molecule has 0 aromatic heterocycles. The lowest BCUT2D eigenvalue weighted by molar-refractivity contribution is -0.139. The van der Waals surface area contributed by atoms with Crippen molar-refractivity contribution in [3.8, 4) is 0 Å². The van der Waals surface area contributed by atoms with Gasteiger partial charge in [0.25, 0.3) is 0 Å². The van der Waals surface area contributed by atoms with Gasteiger partial charge in [-0.25, -0.2) is 9.59 Å². The molecule has 0 spiro atoms. The van der Waals surface area contributed by atoms with E-state index in [9.17, 15) is 14.4 Å². The van der Waals surface area contributed by atoms with Gasteiger partial charge in [0, 0.05) is 56.9 Å². The van der Waals surface area contributed by atoms with Gasteiger partial charge >= 0.3 is 12.0 Å². The van der Waals surface area contributed by atoms with Crippen LogP contribution in [0.1, 0.15) is 38.8 Å². The molecule has 3 amide bonds. The lowest BCUT2D eigenvalue weighted by Gasteiger charge is -2.39. The third-order valence-corrected chi connectivity index (χ3v) is 6.31. The van der Waals surface area contributed by atoms with E-state index < -0.39 is 12.0 Å². The molecule has 9 heteroatoms. The molecule has 1 aromatic carbocycles. The van der Waals surface area contributed by atoms with Crippen LogP contribution in [0.25, 0.3) is 0 Å². The number of urea groups is 1. The number of rotatable bonds is 7. The minimum atomic E-state index is -0.703. The van der Waals surface area contributed by atoms with Crippen LogP contribution >= 0.6 is 11.6 Å². The largest absolute Gasteiger partial charge is 0.463 e. The molecule has 1 N–H and O–H groups in total. The number of halogens is 1. The van der Waals surface area contributed by atoms with Gasteiger partial charge in [0.1, 0.15) is 0 Å². The number of amides is 3. The predicted octanol–water partition coefficient (Wildman–Crippen LogP) is 3.04. The number of ether oxygens (including phenoxy) is 1. The maximum atomic E-state index is 13.1. The van der Waals surface area contributed by atoms with Crippen molar-refractivity contribution in [3.05, 3.63) is 46.1 Å². The van der Waals surface area contributed by atoms with Crippen molar-refractivity contribution in [2.75, 3.05) is 46.4 Å². The molecule has 8 nitrogen and oxygen atoms in total. The van der Waals surface area contributed by atoms with Gasteiger partial charge in [-0.1, -0.05) is 43.6 Å². The Labute approximate surface area is 200 Å². The van der Waals surface area contributed by atoms with Crippen LogP contribution in [0, 0.1) is 5.92 Å².